The number of benzene rings is 1. The maximum Gasteiger partial charge on any atom is 0.310 e. The topological polar surface area (TPSA) is 54.4 Å². The molecule has 1 aliphatic rings. The summed E-state index contributed by atoms with van der Waals surface area (Å²) in [5.74, 6) is -0.395. The predicted molar refractivity (Wildman–Crippen MR) is 76.1 cm³/mol. The van der Waals surface area contributed by atoms with Crippen LogP contribution in [0, 0.1) is 0 Å². The summed E-state index contributed by atoms with van der Waals surface area (Å²) >= 11 is 1.54. The zero-order chi connectivity index (χ0) is 13.8. The van der Waals surface area contributed by atoms with Gasteiger partial charge in [-0.25, -0.2) is 0 Å². The Kier molecular flexibility index (Phi) is 4.43. The molecule has 1 aliphatic carbocycles. The van der Waals surface area contributed by atoms with Gasteiger partial charge in [-0.15, -0.1) is 11.8 Å². The highest BCUT2D eigenvalue weighted by molar-refractivity contribution is 8.03. The van der Waals surface area contributed by atoms with Crippen molar-refractivity contribution in [2.24, 2.45) is 0 Å². The van der Waals surface area contributed by atoms with Crippen molar-refractivity contribution in [1.29, 1.82) is 0 Å². The largest absolute Gasteiger partial charge is 0.481 e. The summed E-state index contributed by atoms with van der Waals surface area (Å²) in [6.45, 7) is 1.68. The van der Waals surface area contributed by atoms with E-state index in [9.17, 15) is 9.59 Å². The van der Waals surface area contributed by atoms with Crippen LogP contribution in [0.4, 0.5) is 0 Å². The molecule has 1 aromatic carbocycles. The molecule has 4 heteroatoms. The molecule has 2 rings (SSSR count). The lowest BCUT2D eigenvalue weighted by Gasteiger charge is -2.09. The van der Waals surface area contributed by atoms with Gasteiger partial charge >= 0.3 is 5.97 Å². The predicted octanol–water partition coefficient (Wildman–Crippen LogP) is 3.35. The van der Waals surface area contributed by atoms with Crippen molar-refractivity contribution in [3.8, 4) is 0 Å². The highest BCUT2D eigenvalue weighted by Crippen LogP contribution is 2.29. The van der Waals surface area contributed by atoms with Gasteiger partial charge in [0.1, 0.15) is 0 Å². The van der Waals surface area contributed by atoms with Gasteiger partial charge < -0.3 is 5.11 Å². The van der Waals surface area contributed by atoms with Crippen molar-refractivity contribution in [2.75, 3.05) is 0 Å². The molecule has 1 N–H and O–H groups in total. The quantitative estimate of drug-likeness (QED) is 0.896. The molecule has 0 saturated carbocycles. The van der Waals surface area contributed by atoms with Gasteiger partial charge in [0, 0.05) is 17.1 Å². The molecule has 100 valence electrons. The molecule has 1 atom stereocenters. The van der Waals surface area contributed by atoms with Crippen LogP contribution in [0.25, 0.3) is 0 Å². The summed E-state index contributed by atoms with van der Waals surface area (Å²) in [5, 5.41) is 9.00. The van der Waals surface area contributed by atoms with Crippen LogP contribution in [0.15, 0.2) is 35.2 Å². The summed E-state index contributed by atoms with van der Waals surface area (Å²) in [7, 11) is 0. The van der Waals surface area contributed by atoms with Crippen LogP contribution in [0.1, 0.15) is 36.8 Å². The van der Waals surface area contributed by atoms with Crippen LogP contribution < -0.4 is 0 Å². The summed E-state index contributed by atoms with van der Waals surface area (Å²) in [6, 6.07) is 7.57. The minimum Gasteiger partial charge on any atom is -0.481 e. The van der Waals surface area contributed by atoms with E-state index in [0.717, 1.165) is 22.5 Å². The minimum atomic E-state index is -0.821. The van der Waals surface area contributed by atoms with Gasteiger partial charge in [0.25, 0.3) is 0 Å². The number of Topliss-reactive ketones (excluding diaryl/α,β-unsaturated/α-hetero) is 1. The molecule has 0 radical (unpaired) electrons. The normalized spacial score (nSPS) is 16.3. The zero-order valence-corrected chi connectivity index (χ0v) is 11.6. The number of hydrogen-bond donors (Lipinski definition) is 1. The first-order chi connectivity index (χ1) is 9.08. The standard InChI is InChI=1S/C15H16O3S/c1-10(15(17)18)12-5-2-4-11(8-12)9-19-14-7-3-6-13(14)16/h2,4-5,7-8,10H,3,6,9H2,1H3,(H,17,18). The van der Waals surface area contributed by atoms with Gasteiger partial charge in [-0.2, -0.15) is 0 Å². The summed E-state index contributed by atoms with van der Waals surface area (Å²) in [6.07, 6.45) is 3.45. The average molecular weight is 276 g/mol. The molecule has 0 saturated heterocycles. The third-order valence-electron chi connectivity index (χ3n) is 3.19. The molecule has 0 fully saturated rings. The smallest absolute Gasteiger partial charge is 0.310 e. The van der Waals surface area contributed by atoms with Gasteiger partial charge in [-0.1, -0.05) is 30.3 Å². The molecule has 19 heavy (non-hydrogen) atoms. The van der Waals surface area contributed by atoms with Gasteiger partial charge in [0.05, 0.1) is 5.92 Å². The zero-order valence-electron chi connectivity index (χ0n) is 10.8. The molecular formula is C15H16O3S. The Bertz CT molecular complexity index is 534. The minimum absolute atomic E-state index is 0.222. The number of thioether (sulfide) groups is 1. The maximum atomic E-state index is 11.5. The van der Waals surface area contributed by atoms with E-state index in [1.54, 1.807) is 6.92 Å². The van der Waals surface area contributed by atoms with Crippen LogP contribution in [-0.2, 0) is 15.3 Å². The lowest BCUT2D eigenvalue weighted by Crippen LogP contribution is -2.07. The number of rotatable bonds is 5. The van der Waals surface area contributed by atoms with E-state index in [1.165, 1.54) is 11.8 Å². The fourth-order valence-electron chi connectivity index (χ4n) is 1.97. The average Bonchev–Trinajstić information content (AvgIpc) is 2.81. The monoisotopic (exact) mass is 276 g/mol. The molecule has 0 aromatic heterocycles. The third-order valence-corrected chi connectivity index (χ3v) is 4.37. The SMILES string of the molecule is CC(C(=O)O)c1cccc(CSC2=CCCC2=O)c1. The van der Waals surface area contributed by atoms with E-state index < -0.39 is 11.9 Å². The van der Waals surface area contributed by atoms with Gasteiger partial charge in [0.2, 0.25) is 0 Å². The van der Waals surface area contributed by atoms with E-state index in [4.69, 9.17) is 5.11 Å². The van der Waals surface area contributed by atoms with Gasteiger partial charge in [-0.3, -0.25) is 9.59 Å². The summed E-state index contributed by atoms with van der Waals surface area (Å²) in [5.41, 5.74) is 1.86. The van der Waals surface area contributed by atoms with Crippen LogP contribution in [-0.4, -0.2) is 16.9 Å². The Morgan fingerprint density at radius 1 is 1.47 bits per heavy atom. The number of carboxylic acids is 1. The summed E-state index contributed by atoms with van der Waals surface area (Å²) < 4.78 is 0. The van der Waals surface area contributed by atoms with E-state index >= 15 is 0 Å². The first-order valence-corrected chi connectivity index (χ1v) is 7.24. The molecule has 0 spiro atoms. The first-order valence-electron chi connectivity index (χ1n) is 6.25. The first kappa shape index (κ1) is 13.9. The van der Waals surface area contributed by atoms with Crippen molar-refractivity contribution >= 4 is 23.5 Å². The summed E-state index contributed by atoms with van der Waals surface area (Å²) in [4.78, 5) is 23.3. The second kappa shape index (κ2) is 6.06. The van der Waals surface area contributed by atoms with Crippen molar-refractivity contribution in [3.05, 3.63) is 46.4 Å². The van der Waals surface area contributed by atoms with Crippen molar-refractivity contribution < 1.29 is 14.7 Å². The fraction of sp³-hybridized carbons (Fsp3) is 0.333. The number of carbonyl (C=O) groups is 2. The Balaban J connectivity index is 2.03. The highest BCUT2D eigenvalue weighted by Gasteiger charge is 2.16. The molecule has 0 aliphatic heterocycles. The second-order valence-electron chi connectivity index (χ2n) is 4.62. The maximum absolute atomic E-state index is 11.5. The van der Waals surface area contributed by atoms with E-state index in [1.807, 2.05) is 30.3 Å². The van der Waals surface area contributed by atoms with Gasteiger partial charge in [-0.05, 0) is 24.5 Å². The number of carboxylic acid groups (broad SMARTS) is 1. The lowest BCUT2D eigenvalue weighted by molar-refractivity contribution is -0.138. The number of carbonyl (C=O) groups excluding carboxylic acids is 1. The van der Waals surface area contributed by atoms with E-state index in [2.05, 4.69) is 0 Å². The molecule has 1 aromatic rings. The Labute approximate surface area is 116 Å². The van der Waals surface area contributed by atoms with Crippen molar-refractivity contribution in [3.63, 3.8) is 0 Å². The van der Waals surface area contributed by atoms with E-state index in [-0.39, 0.29) is 5.78 Å². The third kappa shape index (κ3) is 3.47. The Morgan fingerprint density at radius 3 is 2.89 bits per heavy atom. The van der Waals surface area contributed by atoms with Crippen LogP contribution in [0.3, 0.4) is 0 Å². The Morgan fingerprint density at radius 2 is 2.26 bits per heavy atom. The molecule has 3 nitrogen and oxygen atoms in total. The molecule has 0 amide bonds. The number of ketones is 1. The lowest BCUT2D eigenvalue weighted by atomic mass is 10.00. The second-order valence-corrected chi connectivity index (χ2v) is 5.64. The number of allylic oxidation sites excluding steroid dienone is 2. The Hall–Kier alpha value is -1.55. The number of aliphatic carboxylic acids is 1. The number of hydrogen-bond acceptors (Lipinski definition) is 3. The molecular weight excluding hydrogens is 260 g/mol. The van der Waals surface area contributed by atoms with Crippen molar-refractivity contribution in [1.82, 2.24) is 0 Å². The van der Waals surface area contributed by atoms with Gasteiger partial charge in [0.15, 0.2) is 5.78 Å². The molecule has 0 bridgehead atoms. The highest BCUT2D eigenvalue weighted by atomic mass is 32.2. The van der Waals surface area contributed by atoms with Crippen LogP contribution >= 0.6 is 11.8 Å². The molecule has 0 heterocycles. The molecule has 1 unspecified atom stereocenters. The van der Waals surface area contributed by atoms with Crippen LogP contribution in [0.5, 0.6) is 0 Å². The van der Waals surface area contributed by atoms with Crippen molar-refractivity contribution in [2.45, 2.75) is 31.4 Å². The fourth-order valence-corrected chi connectivity index (χ4v) is 2.97. The van der Waals surface area contributed by atoms with E-state index in [0.29, 0.717) is 12.2 Å². The van der Waals surface area contributed by atoms with Crippen LogP contribution in [0.2, 0.25) is 0 Å².